The van der Waals surface area contributed by atoms with E-state index in [1.807, 2.05) is 13.8 Å². The van der Waals surface area contributed by atoms with Crippen LogP contribution in [0.25, 0.3) is 0 Å². The van der Waals surface area contributed by atoms with E-state index in [2.05, 4.69) is 0 Å². The highest BCUT2D eigenvalue weighted by Crippen LogP contribution is 2.13. The molecule has 0 aliphatic heterocycles. The van der Waals surface area contributed by atoms with Crippen LogP contribution in [0, 0.1) is 5.82 Å². The number of hydrogen-bond acceptors (Lipinski definition) is 3. The summed E-state index contributed by atoms with van der Waals surface area (Å²) in [6, 6.07) is 6.07. The second-order valence-corrected chi connectivity index (χ2v) is 7.80. The Balaban J connectivity index is 2.77. The molecule has 0 bridgehead atoms. The fraction of sp³-hybridized carbons (Fsp3) is 0.588. The zero-order valence-electron chi connectivity index (χ0n) is 14.7. The maximum atomic E-state index is 13.8. The second-order valence-electron chi connectivity index (χ2n) is 5.82. The number of halogens is 1. The molecule has 0 saturated carbocycles. The Hall–Kier alpha value is -1.47. The largest absolute Gasteiger partial charge is 0.343 e. The van der Waals surface area contributed by atoms with Gasteiger partial charge in [0.15, 0.2) is 0 Å². The van der Waals surface area contributed by atoms with Gasteiger partial charge in [0.1, 0.15) is 5.82 Å². The Labute approximate surface area is 144 Å². The van der Waals surface area contributed by atoms with Crippen LogP contribution in [-0.4, -0.2) is 49.4 Å². The molecule has 0 aliphatic carbocycles. The summed E-state index contributed by atoms with van der Waals surface area (Å²) in [7, 11) is -3.53. The summed E-state index contributed by atoms with van der Waals surface area (Å²) in [5, 5.41) is 0. The quantitative estimate of drug-likeness (QED) is 0.646. The third kappa shape index (κ3) is 6.57. The van der Waals surface area contributed by atoms with Gasteiger partial charge in [-0.15, -0.1) is 0 Å². The maximum absolute atomic E-state index is 13.8. The summed E-state index contributed by atoms with van der Waals surface area (Å²) < 4.78 is 38.8. The van der Waals surface area contributed by atoms with E-state index in [1.165, 1.54) is 6.07 Å². The molecular formula is C17H27FN2O3S. The van der Waals surface area contributed by atoms with Crippen LogP contribution in [0.4, 0.5) is 4.39 Å². The van der Waals surface area contributed by atoms with Crippen molar-refractivity contribution in [3.05, 3.63) is 35.6 Å². The molecule has 0 fully saturated rings. The molecule has 1 aromatic carbocycles. The average molecular weight is 358 g/mol. The van der Waals surface area contributed by atoms with Gasteiger partial charge in [-0.1, -0.05) is 32.0 Å². The minimum atomic E-state index is -3.53. The maximum Gasteiger partial charge on any atom is 0.223 e. The number of sulfonamides is 1. The fourth-order valence-electron chi connectivity index (χ4n) is 2.46. The normalized spacial score (nSPS) is 11.7. The lowest BCUT2D eigenvalue weighted by atomic mass is 10.2. The van der Waals surface area contributed by atoms with Crippen LogP contribution in [0.2, 0.25) is 0 Å². The minimum absolute atomic E-state index is 0.0515. The van der Waals surface area contributed by atoms with Crippen molar-refractivity contribution in [2.75, 3.05) is 25.9 Å². The number of nitrogens with zero attached hydrogens (tertiary/aromatic N) is 2. The van der Waals surface area contributed by atoms with E-state index in [4.69, 9.17) is 0 Å². The molecule has 1 rings (SSSR count). The number of benzene rings is 1. The lowest BCUT2D eigenvalue weighted by molar-refractivity contribution is -0.131. The number of amides is 1. The van der Waals surface area contributed by atoms with Gasteiger partial charge in [-0.3, -0.25) is 4.79 Å². The van der Waals surface area contributed by atoms with E-state index in [0.29, 0.717) is 18.7 Å². The highest BCUT2D eigenvalue weighted by atomic mass is 32.2. The summed E-state index contributed by atoms with van der Waals surface area (Å²) >= 11 is 0. The Kier molecular flexibility index (Phi) is 8.35. The third-order valence-electron chi connectivity index (χ3n) is 3.69. The predicted molar refractivity (Wildman–Crippen MR) is 93.4 cm³/mol. The van der Waals surface area contributed by atoms with Gasteiger partial charge in [0, 0.05) is 38.2 Å². The number of hydrogen-bond donors (Lipinski definition) is 0. The number of carbonyl (C=O) groups excluding carboxylic acids is 1. The van der Waals surface area contributed by atoms with E-state index in [9.17, 15) is 17.6 Å². The molecule has 0 aromatic heterocycles. The smallest absolute Gasteiger partial charge is 0.223 e. The molecular weight excluding hydrogens is 331 g/mol. The van der Waals surface area contributed by atoms with Gasteiger partial charge >= 0.3 is 0 Å². The second kappa shape index (κ2) is 9.74. The SMILES string of the molecule is CCCN(CCC)C(=O)CCN(Cc1ccccc1F)S(C)(=O)=O. The van der Waals surface area contributed by atoms with Gasteiger partial charge in [-0.2, -0.15) is 4.31 Å². The van der Waals surface area contributed by atoms with Crippen molar-refractivity contribution in [2.45, 2.75) is 39.7 Å². The van der Waals surface area contributed by atoms with E-state index in [0.717, 1.165) is 23.4 Å². The van der Waals surface area contributed by atoms with Gasteiger partial charge in [0.05, 0.1) is 6.26 Å². The van der Waals surface area contributed by atoms with Crippen LogP contribution < -0.4 is 0 Å². The molecule has 5 nitrogen and oxygen atoms in total. The monoisotopic (exact) mass is 358 g/mol. The zero-order chi connectivity index (χ0) is 18.2. The Morgan fingerprint density at radius 1 is 1.08 bits per heavy atom. The Bertz CT molecular complexity index is 628. The molecule has 0 spiro atoms. The first-order valence-electron chi connectivity index (χ1n) is 8.25. The van der Waals surface area contributed by atoms with Gasteiger partial charge < -0.3 is 4.90 Å². The van der Waals surface area contributed by atoms with Gasteiger partial charge in [-0.05, 0) is 18.9 Å². The first-order chi connectivity index (χ1) is 11.3. The molecule has 0 N–H and O–H groups in total. The molecule has 7 heteroatoms. The molecule has 1 amide bonds. The molecule has 0 saturated heterocycles. The molecule has 136 valence electrons. The third-order valence-corrected chi connectivity index (χ3v) is 4.94. The van der Waals surface area contributed by atoms with Gasteiger partial charge in [0.25, 0.3) is 0 Å². The van der Waals surface area contributed by atoms with Gasteiger partial charge in [-0.25, -0.2) is 12.8 Å². The summed E-state index contributed by atoms with van der Waals surface area (Å²) in [5.41, 5.74) is 0.300. The highest BCUT2D eigenvalue weighted by Gasteiger charge is 2.21. The van der Waals surface area contributed by atoms with E-state index >= 15 is 0 Å². The molecule has 0 atom stereocenters. The average Bonchev–Trinajstić information content (AvgIpc) is 2.51. The molecule has 0 unspecified atom stereocenters. The lowest BCUT2D eigenvalue weighted by Crippen LogP contribution is -2.37. The summed E-state index contributed by atoms with van der Waals surface area (Å²) in [5.74, 6) is -0.517. The van der Waals surface area contributed by atoms with E-state index in [1.54, 1.807) is 23.1 Å². The Morgan fingerprint density at radius 2 is 1.67 bits per heavy atom. The minimum Gasteiger partial charge on any atom is -0.343 e. The van der Waals surface area contributed by atoms with E-state index < -0.39 is 15.8 Å². The standard InChI is InChI=1S/C17H27FN2O3S/c1-4-11-19(12-5-2)17(21)10-13-20(24(3,22)23)14-15-8-6-7-9-16(15)18/h6-9H,4-5,10-14H2,1-3H3. The van der Waals surface area contributed by atoms with Crippen molar-refractivity contribution < 1.29 is 17.6 Å². The topological polar surface area (TPSA) is 57.7 Å². The first kappa shape index (κ1) is 20.6. The van der Waals surface area contributed by atoms with Crippen molar-refractivity contribution in [1.29, 1.82) is 0 Å². The van der Waals surface area contributed by atoms with Crippen molar-refractivity contribution >= 4 is 15.9 Å². The van der Waals surface area contributed by atoms with Crippen molar-refractivity contribution in [3.8, 4) is 0 Å². The van der Waals surface area contributed by atoms with Crippen LogP contribution in [-0.2, 0) is 21.4 Å². The molecule has 1 aromatic rings. The summed E-state index contributed by atoms with van der Waals surface area (Å²) in [4.78, 5) is 14.1. The predicted octanol–water partition coefficient (Wildman–Crippen LogP) is 2.63. The molecule has 0 aliphatic rings. The Morgan fingerprint density at radius 3 is 2.17 bits per heavy atom. The van der Waals surface area contributed by atoms with Crippen LogP contribution >= 0.6 is 0 Å². The van der Waals surface area contributed by atoms with Gasteiger partial charge in [0.2, 0.25) is 15.9 Å². The molecule has 24 heavy (non-hydrogen) atoms. The van der Waals surface area contributed by atoms with E-state index in [-0.39, 0.29) is 25.4 Å². The van der Waals surface area contributed by atoms with Crippen molar-refractivity contribution in [3.63, 3.8) is 0 Å². The van der Waals surface area contributed by atoms with Crippen LogP contribution in [0.3, 0.4) is 0 Å². The van der Waals surface area contributed by atoms with Crippen molar-refractivity contribution in [2.24, 2.45) is 0 Å². The zero-order valence-corrected chi connectivity index (χ0v) is 15.5. The lowest BCUT2D eigenvalue weighted by Gasteiger charge is -2.24. The van der Waals surface area contributed by atoms with Crippen molar-refractivity contribution in [1.82, 2.24) is 9.21 Å². The summed E-state index contributed by atoms with van der Waals surface area (Å²) in [6.45, 7) is 5.31. The van der Waals surface area contributed by atoms with Crippen LogP contribution in [0.1, 0.15) is 38.7 Å². The number of carbonyl (C=O) groups is 1. The molecule has 0 radical (unpaired) electrons. The fourth-order valence-corrected chi connectivity index (χ4v) is 3.25. The number of rotatable bonds is 10. The van der Waals surface area contributed by atoms with Crippen LogP contribution in [0.5, 0.6) is 0 Å². The molecule has 0 heterocycles. The highest BCUT2D eigenvalue weighted by molar-refractivity contribution is 7.88. The summed E-state index contributed by atoms with van der Waals surface area (Å²) in [6.07, 6.45) is 2.89. The van der Waals surface area contributed by atoms with Crippen LogP contribution in [0.15, 0.2) is 24.3 Å². The first-order valence-corrected chi connectivity index (χ1v) is 10.1.